The molecule has 0 aromatic heterocycles. The maximum atomic E-state index is 13.8. The van der Waals surface area contributed by atoms with E-state index in [4.69, 9.17) is 9.73 Å². The summed E-state index contributed by atoms with van der Waals surface area (Å²) in [5, 5.41) is 19.4. The van der Waals surface area contributed by atoms with Gasteiger partial charge < -0.3 is 19.3 Å². The minimum absolute atomic E-state index is 0.00606. The topological polar surface area (TPSA) is 196 Å². The number of benzene rings is 1. The first-order chi connectivity index (χ1) is 21.0. The molecule has 3 heterocycles. The Hall–Kier alpha value is -4.12. The first-order valence-electron chi connectivity index (χ1n) is 14.5. The average Bonchev–Trinajstić information content (AvgIpc) is 3.36. The number of ether oxygens (including phenoxy) is 1. The van der Waals surface area contributed by atoms with Crippen molar-refractivity contribution < 1.29 is 37.8 Å². The number of piperidine rings is 1. The van der Waals surface area contributed by atoms with Crippen molar-refractivity contribution in [1.82, 2.24) is 9.21 Å². The number of hydrogen-bond acceptors (Lipinski definition) is 12. The summed E-state index contributed by atoms with van der Waals surface area (Å²) in [6.45, 7) is 6.20. The molecule has 1 unspecified atom stereocenters. The molecule has 1 fully saturated rings. The molecule has 3 aliphatic heterocycles. The Labute approximate surface area is 254 Å². The van der Waals surface area contributed by atoms with Gasteiger partial charge in [-0.25, -0.2) is 13.4 Å². The second-order valence-corrected chi connectivity index (χ2v) is 12.5. The van der Waals surface area contributed by atoms with Crippen LogP contribution < -0.4 is 4.74 Å². The standard InChI is InChI=1S/C27H36N6O10S/c1-4-7-19-16-30(6-3)25-24(19)28-26(29-27(25)34)21-15-20(8-9-22(21)41-14-5-2)44(39,40)31-12-10-18(11-13-31)23(43-33(37)38)17-42-32(35)36/h8-9,15-16,18,23,25H,4-7,10-14,17H2,1-3H3/t23-,25?/m0/s1. The van der Waals surface area contributed by atoms with Gasteiger partial charge in [-0.2, -0.15) is 9.30 Å². The second kappa shape index (κ2) is 14.1. The van der Waals surface area contributed by atoms with Crippen molar-refractivity contribution in [2.75, 3.05) is 32.8 Å². The van der Waals surface area contributed by atoms with E-state index in [2.05, 4.69) is 14.7 Å². The highest BCUT2D eigenvalue weighted by Gasteiger charge is 2.40. The molecule has 44 heavy (non-hydrogen) atoms. The Morgan fingerprint density at radius 3 is 2.41 bits per heavy atom. The lowest BCUT2D eigenvalue weighted by atomic mass is 9.92. The fourth-order valence-electron chi connectivity index (χ4n) is 5.54. The average molecular weight is 637 g/mol. The highest BCUT2D eigenvalue weighted by Crippen LogP contribution is 2.33. The minimum Gasteiger partial charge on any atom is -0.493 e. The predicted octanol–water partition coefficient (Wildman–Crippen LogP) is 2.78. The van der Waals surface area contributed by atoms with E-state index in [1.807, 2.05) is 31.9 Å². The molecular formula is C27H36N6O10S. The smallest absolute Gasteiger partial charge is 0.294 e. The summed E-state index contributed by atoms with van der Waals surface area (Å²) in [7, 11) is -4.07. The van der Waals surface area contributed by atoms with Crippen LogP contribution in [0.25, 0.3) is 0 Å². The molecule has 3 aliphatic rings. The highest BCUT2D eigenvalue weighted by atomic mass is 32.2. The molecule has 0 bridgehead atoms. The van der Waals surface area contributed by atoms with E-state index in [0.29, 0.717) is 31.0 Å². The molecule has 4 rings (SSSR count). The number of aliphatic imine (C=N–C) groups is 2. The fraction of sp³-hybridized carbons (Fsp3) is 0.593. The van der Waals surface area contributed by atoms with Crippen LogP contribution in [0.2, 0.25) is 0 Å². The molecule has 0 radical (unpaired) electrons. The molecule has 2 atom stereocenters. The Bertz CT molecular complexity index is 1470. The lowest BCUT2D eigenvalue weighted by Gasteiger charge is -2.34. The van der Waals surface area contributed by atoms with Gasteiger partial charge in [0.1, 0.15) is 18.5 Å². The third kappa shape index (κ3) is 7.15. The number of nitrogens with zero attached hydrogens (tertiary/aromatic N) is 6. The van der Waals surface area contributed by atoms with Gasteiger partial charge in [0, 0.05) is 25.8 Å². The molecule has 240 valence electrons. The van der Waals surface area contributed by atoms with E-state index in [1.165, 1.54) is 22.5 Å². The molecule has 0 aliphatic carbocycles. The van der Waals surface area contributed by atoms with Crippen molar-refractivity contribution in [2.24, 2.45) is 15.9 Å². The van der Waals surface area contributed by atoms with Crippen LogP contribution >= 0.6 is 0 Å². The zero-order valence-corrected chi connectivity index (χ0v) is 25.6. The van der Waals surface area contributed by atoms with Gasteiger partial charge in [0.05, 0.1) is 22.8 Å². The summed E-state index contributed by atoms with van der Waals surface area (Å²) in [6, 6.07) is 3.73. The van der Waals surface area contributed by atoms with Gasteiger partial charge >= 0.3 is 0 Å². The van der Waals surface area contributed by atoms with Crippen molar-refractivity contribution in [2.45, 2.75) is 69.9 Å². The molecule has 1 aromatic rings. The van der Waals surface area contributed by atoms with Gasteiger partial charge in [-0.15, -0.1) is 20.2 Å². The number of carbonyl (C=O) groups excluding carboxylic acids is 1. The van der Waals surface area contributed by atoms with E-state index in [0.717, 1.165) is 18.4 Å². The van der Waals surface area contributed by atoms with Crippen LogP contribution in [-0.2, 0) is 24.5 Å². The van der Waals surface area contributed by atoms with Crippen LogP contribution in [-0.4, -0.2) is 90.2 Å². The maximum absolute atomic E-state index is 13.8. The molecule has 17 heteroatoms. The Morgan fingerprint density at radius 1 is 1.07 bits per heavy atom. The zero-order valence-electron chi connectivity index (χ0n) is 24.8. The lowest BCUT2D eigenvalue weighted by molar-refractivity contribution is -0.791. The maximum Gasteiger partial charge on any atom is 0.294 e. The molecule has 1 amide bonds. The molecule has 1 saturated heterocycles. The van der Waals surface area contributed by atoms with Crippen molar-refractivity contribution >= 4 is 27.5 Å². The molecule has 1 aromatic carbocycles. The first kappa shape index (κ1) is 32.8. The van der Waals surface area contributed by atoms with Crippen LogP contribution in [0.3, 0.4) is 0 Å². The van der Waals surface area contributed by atoms with Gasteiger partial charge in [-0.05, 0) is 62.3 Å². The zero-order chi connectivity index (χ0) is 32.0. The van der Waals surface area contributed by atoms with E-state index in [9.17, 15) is 33.4 Å². The first-order valence-corrected chi connectivity index (χ1v) is 16.0. The number of amides is 1. The number of sulfonamides is 1. The lowest BCUT2D eigenvalue weighted by Crippen LogP contribution is -2.43. The Kier molecular flexibility index (Phi) is 10.5. The monoisotopic (exact) mass is 636 g/mol. The van der Waals surface area contributed by atoms with Gasteiger partial charge in [0.2, 0.25) is 10.0 Å². The Morgan fingerprint density at radius 2 is 1.80 bits per heavy atom. The summed E-state index contributed by atoms with van der Waals surface area (Å²) < 4.78 is 34.7. The van der Waals surface area contributed by atoms with Crippen LogP contribution in [0.5, 0.6) is 5.75 Å². The molecular weight excluding hydrogens is 600 g/mol. The molecule has 16 nitrogen and oxygen atoms in total. The number of carbonyl (C=O) groups is 1. The van der Waals surface area contributed by atoms with Gasteiger partial charge in [0.25, 0.3) is 16.1 Å². The summed E-state index contributed by atoms with van der Waals surface area (Å²) >= 11 is 0. The molecule has 0 saturated carbocycles. The second-order valence-electron chi connectivity index (χ2n) is 10.5. The van der Waals surface area contributed by atoms with Crippen molar-refractivity contribution in [3.05, 3.63) is 55.8 Å². The summed E-state index contributed by atoms with van der Waals surface area (Å²) in [6.07, 6.45) is 3.29. The normalized spacial score (nSPS) is 19.9. The quantitative estimate of drug-likeness (QED) is 0.203. The van der Waals surface area contributed by atoms with E-state index in [-0.39, 0.29) is 42.2 Å². The largest absolute Gasteiger partial charge is 0.493 e. The third-order valence-corrected chi connectivity index (χ3v) is 9.58. The summed E-state index contributed by atoms with van der Waals surface area (Å²) in [5.74, 6) is -0.513. The van der Waals surface area contributed by atoms with E-state index < -0.39 is 50.8 Å². The number of rotatable bonds is 15. The fourth-order valence-corrected chi connectivity index (χ4v) is 7.04. The number of hydrogen-bond donors (Lipinski definition) is 0. The molecule has 0 N–H and O–H groups in total. The SMILES string of the molecule is CCCOc1ccc(S(=O)(=O)N2CCC([C@H](CO[N+](=O)[O-])O[N+](=O)[O-])CC2)cc1C1=NC(=O)C2C(=N1)C(CCC)=CN2CC. The van der Waals surface area contributed by atoms with Crippen molar-refractivity contribution in [3.63, 3.8) is 0 Å². The van der Waals surface area contributed by atoms with Gasteiger partial charge in [-0.1, -0.05) is 20.3 Å². The minimum atomic E-state index is -4.07. The van der Waals surface area contributed by atoms with Crippen LogP contribution in [0.15, 0.2) is 44.9 Å². The molecule has 0 spiro atoms. The Balaban J connectivity index is 1.61. The van der Waals surface area contributed by atoms with Crippen molar-refractivity contribution in [1.29, 1.82) is 0 Å². The van der Waals surface area contributed by atoms with Gasteiger partial charge in [-0.3, -0.25) is 4.79 Å². The number of amidine groups is 1. The van der Waals surface area contributed by atoms with Crippen molar-refractivity contribution in [3.8, 4) is 5.75 Å². The highest BCUT2D eigenvalue weighted by molar-refractivity contribution is 7.89. The van der Waals surface area contributed by atoms with Gasteiger partial charge in [0.15, 0.2) is 11.9 Å². The number of fused-ring (bicyclic) bond motifs is 1. The van der Waals surface area contributed by atoms with E-state index in [1.54, 1.807) is 0 Å². The van der Waals surface area contributed by atoms with Crippen LogP contribution in [0.4, 0.5) is 0 Å². The van der Waals surface area contributed by atoms with Crippen LogP contribution in [0, 0.1) is 26.1 Å². The third-order valence-electron chi connectivity index (χ3n) is 7.68. The summed E-state index contributed by atoms with van der Waals surface area (Å²) in [4.78, 5) is 54.6. The van der Waals surface area contributed by atoms with E-state index >= 15 is 0 Å². The van der Waals surface area contributed by atoms with Crippen LogP contribution in [0.1, 0.15) is 58.4 Å². The number of likely N-dealkylation sites (N-methyl/N-ethyl adjacent to an activating group) is 1. The summed E-state index contributed by atoms with van der Waals surface area (Å²) in [5.41, 5.74) is 1.81. The predicted molar refractivity (Wildman–Crippen MR) is 157 cm³/mol.